The van der Waals surface area contributed by atoms with Gasteiger partial charge < -0.3 is 19.9 Å². The number of hydrogen-bond donors (Lipinski definition) is 2. The normalized spacial score (nSPS) is 15.0. The summed E-state index contributed by atoms with van der Waals surface area (Å²) in [6.07, 6.45) is 2.68. The summed E-state index contributed by atoms with van der Waals surface area (Å²) in [6.45, 7) is 6.12. The number of aromatic amines is 1. The number of nitrogens with one attached hydrogen (secondary N) is 2. The third-order valence-corrected chi connectivity index (χ3v) is 4.30. The lowest BCUT2D eigenvalue weighted by molar-refractivity contribution is 0.115. The molecule has 1 aliphatic rings. The molecule has 1 aromatic carbocycles. The van der Waals surface area contributed by atoms with E-state index >= 15 is 0 Å². The van der Waals surface area contributed by atoms with E-state index in [2.05, 4.69) is 53.4 Å². The summed E-state index contributed by atoms with van der Waals surface area (Å²) in [7, 11) is 2.06. The van der Waals surface area contributed by atoms with E-state index in [1.165, 1.54) is 18.2 Å². The number of H-pyrrole nitrogens is 1. The lowest BCUT2D eigenvalue weighted by Gasteiger charge is -2.21. The number of rotatable bonds is 8. The molecule has 0 spiro atoms. The van der Waals surface area contributed by atoms with E-state index in [-0.39, 0.29) is 0 Å². The monoisotopic (exact) mass is 328 g/mol. The van der Waals surface area contributed by atoms with Gasteiger partial charge in [-0.2, -0.15) is 0 Å². The third-order valence-electron chi connectivity index (χ3n) is 4.30. The van der Waals surface area contributed by atoms with Crippen molar-refractivity contribution in [2.75, 3.05) is 33.4 Å². The highest BCUT2D eigenvalue weighted by Crippen LogP contribution is 2.28. The van der Waals surface area contributed by atoms with Gasteiger partial charge in [0.2, 0.25) is 0 Å². The molecule has 0 saturated heterocycles. The van der Waals surface area contributed by atoms with Gasteiger partial charge in [-0.15, -0.1) is 0 Å². The maximum atomic E-state index is 5.73. The lowest BCUT2D eigenvalue weighted by atomic mass is 10.2. The number of likely N-dealkylation sites (N-methyl/N-ethyl adjacent to an activating group) is 1. The van der Waals surface area contributed by atoms with E-state index in [4.69, 9.17) is 9.73 Å². The summed E-state index contributed by atoms with van der Waals surface area (Å²) in [6, 6.07) is 10.5. The Morgan fingerprint density at radius 3 is 2.96 bits per heavy atom. The van der Waals surface area contributed by atoms with Gasteiger partial charge in [0.25, 0.3) is 0 Å². The minimum absolute atomic E-state index is 0.643. The van der Waals surface area contributed by atoms with Crippen LogP contribution >= 0.6 is 0 Å². The molecular weight excluding hydrogens is 300 g/mol. The number of para-hydroxylation sites is 1. The van der Waals surface area contributed by atoms with Crippen molar-refractivity contribution in [3.05, 3.63) is 36.0 Å². The predicted molar refractivity (Wildman–Crippen MR) is 99.3 cm³/mol. The van der Waals surface area contributed by atoms with Gasteiger partial charge in [-0.05, 0) is 43.2 Å². The molecule has 0 unspecified atom stereocenters. The standard InChI is InChI=1S/C19H28N4O/c1-3-20-19(23(2)10-11-24-14-15-8-9-15)21-13-17-12-16-6-4-5-7-18(16)22-17/h4-7,12,15,22H,3,8-11,13-14H2,1-2H3,(H,20,21). The first-order chi connectivity index (χ1) is 11.8. The molecule has 1 fully saturated rings. The zero-order valence-electron chi connectivity index (χ0n) is 14.7. The Morgan fingerprint density at radius 2 is 2.21 bits per heavy atom. The molecule has 24 heavy (non-hydrogen) atoms. The van der Waals surface area contributed by atoms with Gasteiger partial charge in [0, 0.05) is 38.0 Å². The molecular formula is C19H28N4O. The predicted octanol–water partition coefficient (Wildman–Crippen LogP) is 2.99. The Hall–Kier alpha value is -2.01. The molecule has 1 aliphatic carbocycles. The average molecular weight is 328 g/mol. The van der Waals surface area contributed by atoms with Crippen LogP contribution in [-0.4, -0.2) is 49.2 Å². The molecule has 0 amide bonds. The number of nitrogens with zero attached hydrogens (tertiary/aromatic N) is 2. The fourth-order valence-corrected chi connectivity index (χ4v) is 2.69. The van der Waals surface area contributed by atoms with Crippen molar-refractivity contribution < 1.29 is 4.74 Å². The second kappa shape index (κ2) is 8.20. The second-order valence-corrected chi connectivity index (χ2v) is 6.49. The highest BCUT2D eigenvalue weighted by atomic mass is 16.5. The summed E-state index contributed by atoms with van der Waals surface area (Å²) in [5, 5.41) is 4.59. The molecule has 3 rings (SSSR count). The van der Waals surface area contributed by atoms with E-state index in [9.17, 15) is 0 Å². The number of aromatic nitrogens is 1. The van der Waals surface area contributed by atoms with Gasteiger partial charge in [-0.1, -0.05) is 18.2 Å². The van der Waals surface area contributed by atoms with Crippen LogP contribution in [0.4, 0.5) is 0 Å². The first-order valence-corrected chi connectivity index (χ1v) is 8.90. The van der Waals surface area contributed by atoms with Crippen molar-refractivity contribution in [3.63, 3.8) is 0 Å². The zero-order valence-corrected chi connectivity index (χ0v) is 14.7. The summed E-state index contributed by atoms with van der Waals surface area (Å²) in [5.74, 6) is 1.74. The molecule has 5 nitrogen and oxygen atoms in total. The van der Waals surface area contributed by atoms with Crippen molar-refractivity contribution >= 4 is 16.9 Å². The molecule has 0 bridgehead atoms. The maximum Gasteiger partial charge on any atom is 0.194 e. The van der Waals surface area contributed by atoms with Gasteiger partial charge in [0.15, 0.2) is 5.96 Å². The first-order valence-electron chi connectivity index (χ1n) is 8.90. The Kier molecular flexibility index (Phi) is 5.75. The number of aliphatic imine (C=N–C) groups is 1. The molecule has 1 saturated carbocycles. The lowest BCUT2D eigenvalue weighted by Crippen LogP contribution is -2.40. The van der Waals surface area contributed by atoms with Crippen LogP contribution in [-0.2, 0) is 11.3 Å². The molecule has 0 radical (unpaired) electrons. The first kappa shape index (κ1) is 16.8. The molecule has 2 N–H and O–H groups in total. The van der Waals surface area contributed by atoms with E-state index in [1.807, 2.05) is 6.07 Å². The molecule has 5 heteroatoms. The number of benzene rings is 1. The molecule has 1 heterocycles. The summed E-state index contributed by atoms with van der Waals surface area (Å²) in [5.41, 5.74) is 2.29. The van der Waals surface area contributed by atoms with Crippen molar-refractivity contribution in [3.8, 4) is 0 Å². The quantitative estimate of drug-likeness (QED) is 0.445. The van der Waals surface area contributed by atoms with Crippen LogP contribution in [0, 0.1) is 5.92 Å². The fourth-order valence-electron chi connectivity index (χ4n) is 2.69. The van der Waals surface area contributed by atoms with E-state index in [0.29, 0.717) is 6.54 Å². The van der Waals surface area contributed by atoms with Crippen LogP contribution in [0.5, 0.6) is 0 Å². The topological polar surface area (TPSA) is 52.7 Å². The van der Waals surface area contributed by atoms with Gasteiger partial charge in [0.1, 0.15) is 0 Å². The van der Waals surface area contributed by atoms with Crippen LogP contribution in [0.25, 0.3) is 10.9 Å². The van der Waals surface area contributed by atoms with E-state index in [0.717, 1.165) is 49.4 Å². The Balaban J connectivity index is 1.54. The van der Waals surface area contributed by atoms with Crippen LogP contribution < -0.4 is 5.32 Å². The van der Waals surface area contributed by atoms with Crippen molar-refractivity contribution in [1.82, 2.24) is 15.2 Å². The summed E-state index contributed by atoms with van der Waals surface area (Å²) >= 11 is 0. The SMILES string of the molecule is CCNC(=NCc1cc2ccccc2[nH]1)N(C)CCOCC1CC1. The summed E-state index contributed by atoms with van der Waals surface area (Å²) < 4.78 is 5.73. The van der Waals surface area contributed by atoms with Crippen molar-refractivity contribution in [1.29, 1.82) is 0 Å². The largest absolute Gasteiger partial charge is 0.379 e. The highest BCUT2D eigenvalue weighted by molar-refractivity contribution is 5.81. The van der Waals surface area contributed by atoms with Gasteiger partial charge in [-0.25, -0.2) is 4.99 Å². The molecule has 130 valence electrons. The maximum absolute atomic E-state index is 5.73. The van der Waals surface area contributed by atoms with Gasteiger partial charge in [0.05, 0.1) is 13.2 Å². The van der Waals surface area contributed by atoms with Gasteiger partial charge in [-0.3, -0.25) is 0 Å². The average Bonchev–Trinajstić information content (AvgIpc) is 3.32. The number of guanidine groups is 1. The zero-order chi connectivity index (χ0) is 16.8. The molecule has 0 aliphatic heterocycles. The Morgan fingerprint density at radius 1 is 1.38 bits per heavy atom. The molecule has 1 aromatic heterocycles. The molecule has 0 atom stereocenters. The summed E-state index contributed by atoms with van der Waals surface area (Å²) in [4.78, 5) is 10.3. The minimum atomic E-state index is 0.643. The fraction of sp³-hybridized carbons (Fsp3) is 0.526. The van der Waals surface area contributed by atoms with Gasteiger partial charge >= 0.3 is 0 Å². The Bertz CT molecular complexity index is 642. The van der Waals surface area contributed by atoms with Crippen LogP contribution in [0.1, 0.15) is 25.5 Å². The molecule has 2 aromatic rings. The van der Waals surface area contributed by atoms with E-state index < -0.39 is 0 Å². The third kappa shape index (κ3) is 4.74. The van der Waals surface area contributed by atoms with Crippen LogP contribution in [0.15, 0.2) is 35.3 Å². The Labute approximate surface area is 144 Å². The second-order valence-electron chi connectivity index (χ2n) is 6.49. The number of ether oxygens (including phenoxy) is 1. The van der Waals surface area contributed by atoms with Crippen LogP contribution in [0.2, 0.25) is 0 Å². The van der Waals surface area contributed by atoms with Crippen molar-refractivity contribution in [2.24, 2.45) is 10.9 Å². The number of fused-ring (bicyclic) bond motifs is 1. The smallest absolute Gasteiger partial charge is 0.194 e. The van der Waals surface area contributed by atoms with E-state index in [1.54, 1.807) is 0 Å². The highest BCUT2D eigenvalue weighted by Gasteiger charge is 2.21. The minimum Gasteiger partial charge on any atom is -0.379 e. The van der Waals surface area contributed by atoms with Crippen LogP contribution in [0.3, 0.4) is 0 Å². The number of hydrogen-bond acceptors (Lipinski definition) is 2. The van der Waals surface area contributed by atoms with Crippen molar-refractivity contribution in [2.45, 2.75) is 26.3 Å².